The fourth-order valence-electron chi connectivity index (χ4n) is 2.36. The first-order chi connectivity index (χ1) is 9.65. The van der Waals surface area contributed by atoms with E-state index in [1.54, 1.807) is 0 Å². The van der Waals surface area contributed by atoms with E-state index in [0.717, 1.165) is 35.4 Å². The highest BCUT2D eigenvalue weighted by Gasteiger charge is 2.08. The molecule has 0 radical (unpaired) electrons. The second-order valence-electron chi connectivity index (χ2n) is 5.33. The minimum absolute atomic E-state index is 0.320. The van der Waals surface area contributed by atoms with Gasteiger partial charge in [0.25, 0.3) is 0 Å². The van der Waals surface area contributed by atoms with Crippen molar-refractivity contribution in [2.45, 2.75) is 38.7 Å². The normalized spacial score (nSPS) is 12.3. The molecule has 0 heterocycles. The van der Waals surface area contributed by atoms with E-state index in [2.05, 4.69) is 24.3 Å². The van der Waals surface area contributed by atoms with E-state index in [9.17, 15) is 5.11 Å². The maximum Gasteiger partial charge on any atom is 0.0581 e. The van der Waals surface area contributed by atoms with Gasteiger partial charge in [-0.2, -0.15) is 0 Å². The fraction of sp³-hybridized carbons (Fsp3) is 0.333. The molecule has 20 heavy (non-hydrogen) atoms. The first kappa shape index (κ1) is 15.1. The maximum atomic E-state index is 10.1. The van der Waals surface area contributed by atoms with Gasteiger partial charge in [-0.15, -0.1) is 0 Å². The second-order valence-corrected chi connectivity index (χ2v) is 5.74. The fourth-order valence-corrected chi connectivity index (χ4v) is 2.67. The minimum atomic E-state index is -0.320. The molecule has 0 aliphatic heterocycles. The van der Waals surface area contributed by atoms with Crippen LogP contribution in [0.15, 0.2) is 48.5 Å². The van der Waals surface area contributed by atoms with Crippen LogP contribution in [0.4, 0.5) is 0 Å². The molecule has 1 nitrogen and oxygen atoms in total. The number of benzene rings is 2. The molecule has 0 spiro atoms. The number of aliphatic hydroxyl groups excluding tert-OH is 1. The van der Waals surface area contributed by atoms with Crippen LogP contribution in [-0.2, 0) is 12.8 Å². The van der Waals surface area contributed by atoms with Crippen molar-refractivity contribution < 1.29 is 5.11 Å². The summed E-state index contributed by atoms with van der Waals surface area (Å²) in [6.07, 6.45) is 3.13. The molecule has 1 unspecified atom stereocenters. The average Bonchev–Trinajstić information content (AvgIpc) is 2.43. The Hall–Kier alpha value is -1.31. The molecular weight excluding hydrogens is 268 g/mol. The van der Waals surface area contributed by atoms with E-state index in [-0.39, 0.29) is 6.10 Å². The molecular formula is C18H21ClO. The molecule has 2 heteroatoms. The van der Waals surface area contributed by atoms with Crippen LogP contribution in [0.3, 0.4) is 0 Å². The molecule has 2 aromatic carbocycles. The summed E-state index contributed by atoms with van der Waals surface area (Å²) in [5.74, 6) is 0. The molecule has 0 bridgehead atoms. The third-order valence-electron chi connectivity index (χ3n) is 3.51. The standard InChI is InChI=1S/C18H21ClO/c1-14-10-11-16(18(19)12-14)13-17(20)9-5-8-15-6-3-2-4-7-15/h2-4,6-7,10-12,17,20H,5,8-9,13H2,1H3. The van der Waals surface area contributed by atoms with Gasteiger partial charge in [-0.05, 0) is 55.4 Å². The van der Waals surface area contributed by atoms with E-state index in [1.807, 2.05) is 31.2 Å². The van der Waals surface area contributed by atoms with Gasteiger partial charge in [-0.3, -0.25) is 0 Å². The van der Waals surface area contributed by atoms with Crippen LogP contribution in [0.1, 0.15) is 29.5 Å². The third-order valence-corrected chi connectivity index (χ3v) is 3.86. The Morgan fingerprint density at radius 2 is 1.85 bits per heavy atom. The van der Waals surface area contributed by atoms with Crippen molar-refractivity contribution >= 4 is 11.6 Å². The monoisotopic (exact) mass is 288 g/mol. The third kappa shape index (κ3) is 4.66. The highest BCUT2D eigenvalue weighted by Crippen LogP contribution is 2.20. The highest BCUT2D eigenvalue weighted by atomic mass is 35.5. The van der Waals surface area contributed by atoms with Gasteiger partial charge in [0, 0.05) is 5.02 Å². The summed E-state index contributed by atoms with van der Waals surface area (Å²) in [7, 11) is 0. The molecule has 1 N–H and O–H groups in total. The Kier molecular flexibility index (Phi) is 5.63. The molecule has 0 amide bonds. The molecule has 1 atom stereocenters. The Morgan fingerprint density at radius 1 is 1.10 bits per heavy atom. The van der Waals surface area contributed by atoms with Gasteiger partial charge in [0.05, 0.1) is 6.10 Å². The Labute approximate surface area is 126 Å². The van der Waals surface area contributed by atoms with E-state index in [0.29, 0.717) is 6.42 Å². The van der Waals surface area contributed by atoms with Crippen molar-refractivity contribution in [1.29, 1.82) is 0 Å². The van der Waals surface area contributed by atoms with Crippen molar-refractivity contribution in [3.8, 4) is 0 Å². The van der Waals surface area contributed by atoms with Gasteiger partial charge in [-0.25, -0.2) is 0 Å². The summed E-state index contributed by atoms with van der Waals surface area (Å²) < 4.78 is 0. The van der Waals surface area contributed by atoms with Crippen LogP contribution in [0.5, 0.6) is 0 Å². The van der Waals surface area contributed by atoms with Crippen molar-refractivity contribution in [3.05, 3.63) is 70.2 Å². The SMILES string of the molecule is Cc1ccc(CC(O)CCCc2ccccc2)c(Cl)c1. The highest BCUT2D eigenvalue weighted by molar-refractivity contribution is 6.31. The van der Waals surface area contributed by atoms with Crippen LogP contribution in [0, 0.1) is 6.92 Å². The lowest BCUT2D eigenvalue weighted by Crippen LogP contribution is -2.11. The van der Waals surface area contributed by atoms with Gasteiger partial charge in [0.2, 0.25) is 0 Å². The van der Waals surface area contributed by atoms with Gasteiger partial charge < -0.3 is 5.11 Å². The predicted molar refractivity (Wildman–Crippen MR) is 85.3 cm³/mol. The first-order valence-electron chi connectivity index (χ1n) is 7.12. The summed E-state index contributed by atoms with van der Waals surface area (Å²) >= 11 is 6.19. The van der Waals surface area contributed by atoms with Crippen molar-refractivity contribution in [3.63, 3.8) is 0 Å². The van der Waals surface area contributed by atoms with Crippen molar-refractivity contribution in [2.24, 2.45) is 0 Å². The van der Waals surface area contributed by atoms with Gasteiger partial charge in [0.1, 0.15) is 0 Å². The number of hydrogen-bond donors (Lipinski definition) is 1. The zero-order valence-electron chi connectivity index (χ0n) is 11.8. The average molecular weight is 289 g/mol. The Bertz CT molecular complexity index is 536. The lowest BCUT2D eigenvalue weighted by Gasteiger charge is -2.12. The van der Waals surface area contributed by atoms with Crippen LogP contribution in [0.25, 0.3) is 0 Å². The summed E-state index contributed by atoms with van der Waals surface area (Å²) in [5.41, 5.74) is 3.51. The van der Waals surface area contributed by atoms with Gasteiger partial charge in [0.15, 0.2) is 0 Å². The lowest BCUT2D eigenvalue weighted by atomic mass is 10.0. The summed E-state index contributed by atoms with van der Waals surface area (Å²) in [5, 5.41) is 10.9. The minimum Gasteiger partial charge on any atom is -0.393 e. The van der Waals surface area contributed by atoms with E-state index in [4.69, 9.17) is 11.6 Å². The quantitative estimate of drug-likeness (QED) is 0.825. The topological polar surface area (TPSA) is 20.2 Å². The van der Waals surface area contributed by atoms with Crippen molar-refractivity contribution in [1.82, 2.24) is 0 Å². The van der Waals surface area contributed by atoms with E-state index < -0.39 is 0 Å². The molecule has 0 aliphatic carbocycles. The molecule has 0 saturated carbocycles. The second kappa shape index (κ2) is 7.47. The molecule has 2 rings (SSSR count). The molecule has 0 fully saturated rings. The van der Waals surface area contributed by atoms with E-state index >= 15 is 0 Å². The molecule has 2 aromatic rings. The van der Waals surface area contributed by atoms with Crippen molar-refractivity contribution in [2.75, 3.05) is 0 Å². The largest absolute Gasteiger partial charge is 0.393 e. The number of rotatable bonds is 6. The summed E-state index contributed by atoms with van der Waals surface area (Å²) in [6, 6.07) is 16.4. The van der Waals surface area contributed by atoms with Gasteiger partial charge >= 0.3 is 0 Å². The number of aliphatic hydroxyl groups is 1. The number of hydrogen-bond acceptors (Lipinski definition) is 1. The molecule has 0 aromatic heterocycles. The van der Waals surface area contributed by atoms with E-state index in [1.165, 1.54) is 5.56 Å². The molecule has 0 saturated heterocycles. The van der Waals surface area contributed by atoms with Crippen LogP contribution < -0.4 is 0 Å². The van der Waals surface area contributed by atoms with Crippen LogP contribution >= 0.6 is 11.6 Å². The van der Waals surface area contributed by atoms with Crippen LogP contribution in [-0.4, -0.2) is 11.2 Å². The number of halogens is 1. The maximum absolute atomic E-state index is 10.1. The summed E-state index contributed by atoms with van der Waals surface area (Å²) in [6.45, 7) is 2.02. The van der Waals surface area contributed by atoms with Gasteiger partial charge in [-0.1, -0.05) is 54.1 Å². The lowest BCUT2D eigenvalue weighted by molar-refractivity contribution is 0.162. The summed E-state index contributed by atoms with van der Waals surface area (Å²) in [4.78, 5) is 0. The Morgan fingerprint density at radius 3 is 2.55 bits per heavy atom. The molecule has 106 valence electrons. The first-order valence-corrected chi connectivity index (χ1v) is 7.50. The Balaban J connectivity index is 1.79. The number of aryl methyl sites for hydroxylation is 2. The zero-order chi connectivity index (χ0) is 14.4. The zero-order valence-corrected chi connectivity index (χ0v) is 12.6. The predicted octanol–water partition coefficient (Wildman–Crippen LogP) is 4.57. The smallest absolute Gasteiger partial charge is 0.0581 e. The molecule has 0 aliphatic rings. The van der Waals surface area contributed by atoms with Crippen LogP contribution in [0.2, 0.25) is 5.02 Å².